The Kier molecular flexibility index (Phi) is 13.6. The first-order valence-corrected chi connectivity index (χ1v) is 10.6. The molecular formula is C24H37NO. The number of nitrogens with zero attached hydrogens (tertiary/aromatic N) is 1. The minimum absolute atomic E-state index is 0.578. The quantitative estimate of drug-likeness (QED) is 0.255. The molecule has 0 heterocycles. The zero-order valence-electron chi connectivity index (χ0n) is 17.0. The van der Waals surface area contributed by atoms with Gasteiger partial charge in [-0.3, -0.25) is 0 Å². The first kappa shape index (κ1) is 22.5. The van der Waals surface area contributed by atoms with E-state index in [1.165, 1.54) is 63.4 Å². The van der Waals surface area contributed by atoms with Crippen LogP contribution in [0.5, 0.6) is 0 Å². The van der Waals surface area contributed by atoms with Crippen LogP contribution in [0.4, 0.5) is 0 Å². The van der Waals surface area contributed by atoms with Gasteiger partial charge in [-0.2, -0.15) is 5.26 Å². The van der Waals surface area contributed by atoms with E-state index in [4.69, 9.17) is 10.00 Å². The fourth-order valence-corrected chi connectivity index (χ4v) is 3.26. The smallest absolute Gasteiger partial charge is 0.0957 e. The van der Waals surface area contributed by atoms with Crippen molar-refractivity contribution in [3.8, 4) is 17.9 Å². The predicted molar refractivity (Wildman–Crippen MR) is 111 cm³/mol. The molecule has 0 spiro atoms. The lowest BCUT2D eigenvalue weighted by molar-refractivity contribution is 0.119. The van der Waals surface area contributed by atoms with Crippen LogP contribution in [-0.4, -0.2) is 13.2 Å². The van der Waals surface area contributed by atoms with Crippen molar-refractivity contribution in [3.05, 3.63) is 23.3 Å². The van der Waals surface area contributed by atoms with E-state index in [1.54, 1.807) is 0 Å². The number of nitriles is 1. The SMILES string of the molecule is CCCCCCC(CCCC)CCOCC/C1=C/C=C(/C#N)CC#CC1. The molecule has 0 saturated carbocycles. The van der Waals surface area contributed by atoms with Crippen molar-refractivity contribution in [3.63, 3.8) is 0 Å². The summed E-state index contributed by atoms with van der Waals surface area (Å²) in [6, 6.07) is 2.21. The highest BCUT2D eigenvalue weighted by molar-refractivity contribution is 5.34. The van der Waals surface area contributed by atoms with Crippen molar-refractivity contribution >= 4 is 0 Å². The van der Waals surface area contributed by atoms with Crippen molar-refractivity contribution in [1.82, 2.24) is 0 Å². The molecule has 0 bridgehead atoms. The highest BCUT2D eigenvalue weighted by Crippen LogP contribution is 2.21. The van der Waals surface area contributed by atoms with Gasteiger partial charge in [0.15, 0.2) is 0 Å². The van der Waals surface area contributed by atoms with Gasteiger partial charge in [0.05, 0.1) is 12.7 Å². The number of hydrogen-bond donors (Lipinski definition) is 0. The second-order valence-electron chi connectivity index (χ2n) is 7.34. The Balaban J connectivity index is 2.25. The van der Waals surface area contributed by atoms with Gasteiger partial charge in [-0.05, 0) is 24.8 Å². The van der Waals surface area contributed by atoms with Gasteiger partial charge in [-0.15, -0.1) is 0 Å². The van der Waals surface area contributed by atoms with Gasteiger partial charge >= 0.3 is 0 Å². The van der Waals surface area contributed by atoms with Crippen molar-refractivity contribution < 1.29 is 4.74 Å². The molecule has 0 aromatic heterocycles. The standard InChI is InChI=1S/C24H37NO/c1-3-5-7-8-12-22(11-6-4-2)17-19-26-20-18-23-13-9-10-14-24(21-25)16-15-23/h15-16,22H,3-8,11-14,17-20H2,1-2H3/b23-15+,24-16+. The second kappa shape index (κ2) is 15.7. The minimum atomic E-state index is 0.578. The fraction of sp³-hybridized carbons (Fsp3) is 0.708. The summed E-state index contributed by atoms with van der Waals surface area (Å²) in [7, 11) is 0. The maximum atomic E-state index is 9.01. The molecule has 0 saturated heterocycles. The van der Waals surface area contributed by atoms with Gasteiger partial charge < -0.3 is 4.74 Å². The van der Waals surface area contributed by atoms with E-state index >= 15 is 0 Å². The molecule has 26 heavy (non-hydrogen) atoms. The van der Waals surface area contributed by atoms with Gasteiger partial charge in [0.25, 0.3) is 0 Å². The number of hydrogen-bond acceptors (Lipinski definition) is 2. The van der Waals surface area contributed by atoms with Crippen LogP contribution < -0.4 is 0 Å². The first-order valence-electron chi connectivity index (χ1n) is 10.6. The summed E-state index contributed by atoms with van der Waals surface area (Å²) in [5.41, 5.74) is 2.02. The number of allylic oxidation sites excluding steroid dienone is 3. The first-order chi connectivity index (χ1) is 12.8. The lowest BCUT2D eigenvalue weighted by atomic mass is 9.92. The Bertz CT molecular complexity index is 527. The van der Waals surface area contributed by atoms with E-state index in [0.717, 1.165) is 37.5 Å². The summed E-state index contributed by atoms with van der Waals surface area (Å²) in [4.78, 5) is 0. The van der Waals surface area contributed by atoms with Gasteiger partial charge in [-0.25, -0.2) is 0 Å². The van der Waals surface area contributed by atoms with E-state index in [1.807, 2.05) is 6.08 Å². The number of ether oxygens (including phenoxy) is 1. The molecule has 1 unspecified atom stereocenters. The topological polar surface area (TPSA) is 33.0 Å². The van der Waals surface area contributed by atoms with Crippen molar-refractivity contribution in [1.29, 1.82) is 5.26 Å². The van der Waals surface area contributed by atoms with Crippen molar-refractivity contribution in [2.75, 3.05) is 13.2 Å². The molecule has 0 N–H and O–H groups in total. The molecule has 0 aliphatic heterocycles. The van der Waals surface area contributed by atoms with E-state index in [2.05, 4.69) is 37.8 Å². The van der Waals surface area contributed by atoms with Crippen molar-refractivity contribution in [2.45, 2.75) is 90.9 Å². The summed E-state index contributed by atoms with van der Waals surface area (Å²) in [5.74, 6) is 7.04. The van der Waals surface area contributed by atoms with Gasteiger partial charge in [-0.1, -0.05) is 88.7 Å². The fourth-order valence-electron chi connectivity index (χ4n) is 3.26. The largest absolute Gasteiger partial charge is 0.381 e. The van der Waals surface area contributed by atoms with Gasteiger partial charge in [0, 0.05) is 25.0 Å². The van der Waals surface area contributed by atoms with Gasteiger partial charge in [0.1, 0.15) is 0 Å². The number of rotatable bonds is 14. The molecule has 0 amide bonds. The predicted octanol–water partition coefficient (Wildman–Crippen LogP) is 6.73. The van der Waals surface area contributed by atoms with E-state index in [9.17, 15) is 0 Å². The van der Waals surface area contributed by atoms with E-state index in [0.29, 0.717) is 6.42 Å². The second-order valence-corrected chi connectivity index (χ2v) is 7.34. The molecule has 144 valence electrons. The third-order valence-electron chi connectivity index (χ3n) is 5.05. The Morgan fingerprint density at radius 1 is 0.962 bits per heavy atom. The third-order valence-corrected chi connectivity index (χ3v) is 5.05. The van der Waals surface area contributed by atoms with Crippen LogP contribution in [-0.2, 0) is 4.74 Å². The molecule has 2 heteroatoms. The van der Waals surface area contributed by atoms with Crippen LogP contribution in [0.3, 0.4) is 0 Å². The molecule has 0 radical (unpaired) electrons. The zero-order valence-corrected chi connectivity index (χ0v) is 17.0. The minimum Gasteiger partial charge on any atom is -0.381 e. The molecule has 0 aromatic carbocycles. The molecular weight excluding hydrogens is 318 g/mol. The summed E-state index contributed by atoms with van der Waals surface area (Å²) in [5, 5.41) is 9.01. The Morgan fingerprint density at radius 3 is 2.50 bits per heavy atom. The van der Waals surface area contributed by atoms with Gasteiger partial charge in [0.2, 0.25) is 0 Å². The Morgan fingerprint density at radius 2 is 1.73 bits per heavy atom. The third kappa shape index (κ3) is 11.2. The summed E-state index contributed by atoms with van der Waals surface area (Å²) >= 11 is 0. The molecule has 1 aliphatic rings. The highest BCUT2D eigenvalue weighted by Gasteiger charge is 2.08. The van der Waals surface area contributed by atoms with Crippen LogP contribution in [0.25, 0.3) is 0 Å². The summed E-state index contributed by atoms with van der Waals surface area (Å²) in [6.07, 6.45) is 18.3. The van der Waals surface area contributed by atoms with Crippen LogP contribution in [0, 0.1) is 29.1 Å². The van der Waals surface area contributed by atoms with Crippen LogP contribution >= 0.6 is 0 Å². The average molecular weight is 356 g/mol. The average Bonchev–Trinajstić information content (AvgIpc) is 2.64. The molecule has 1 rings (SSSR count). The zero-order chi connectivity index (χ0) is 18.9. The molecule has 1 aliphatic carbocycles. The van der Waals surface area contributed by atoms with E-state index < -0.39 is 0 Å². The van der Waals surface area contributed by atoms with Crippen LogP contribution in [0.2, 0.25) is 0 Å². The maximum absolute atomic E-state index is 9.01. The van der Waals surface area contributed by atoms with Crippen LogP contribution in [0.1, 0.15) is 90.9 Å². The summed E-state index contributed by atoms with van der Waals surface area (Å²) in [6.45, 7) is 6.19. The molecule has 2 nitrogen and oxygen atoms in total. The molecule has 1 atom stereocenters. The summed E-state index contributed by atoms with van der Waals surface area (Å²) < 4.78 is 5.92. The lowest BCUT2D eigenvalue weighted by Gasteiger charge is -2.17. The normalized spacial score (nSPS) is 19.0. The monoisotopic (exact) mass is 355 g/mol. The van der Waals surface area contributed by atoms with Crippen LogP contribution in [0.15, 0.2) is 23.3 Å². The Hall–Kier alpha value is -1.51. The van der Waals surface area contributed by atoms with E-state index in [-0.39, 0.29) is 0 Å². The van der Waals surface area contributed by atoms with Crippen molar-refractivity contribution in [2.24, 2.45) is 5.92 Å². The Labute approximate surface area is 161 Å². The highest BCUT2D eigenvalue weighted by atomic mass is 16.5. The number of unbranched alkanes of at least 4 members (excludes halogenated alkanes) is 4. The molecule has 0 aromatic rings. The lowest BCUT2D eigenvalue weighted by Crippen LogP contribution is -2.07. The maximum Gasteiger partial charge on any atom is 0.0957 e. The molecule has 0 fully saturated rings.